The molecule has 0 spiro atoms. The van der Waals surface area contributed by atoms with Crippen molar-refractivity contribution >= 4 is 0 Å². The quantitative estimate of drug-likeness (QED) is 0.497. The van der Waals surface area contributed by atoms with E-state index in [0.29, 0.717) is 11.3 Å². The minimum absolute atomic E-state index is 0.000796. The maximum absolute atomic E-state index is 13.6. The Morgan fingerprint density at radius 3 is 2.36 bits per heavy atom. The summed E-state index contributed by atoms with van der Waals surface area (Å²) in [5, 5.41) is 0. The van der Waals surface area contributed by atoms with E-state index in [0.717, 1.165) is 0 Å². The van der Waals surface area contributed by atoms with Crippen LogP contribution < -0.4 is 9.47 Å². The minimum Gasteiger partial charge on any atom is -0.424 e. The van der Waals surface area contributed by atoms with E-state index in [4.69, 9.17) is 9.47 Å². The van der Waals surface area contributed by atoms with E-state index in [1.807, 2.05) is 0 Å². The molecule has 0 saturated heterocycles. The van der Waals surface area contributed by atoms with Crippen molar-refractivity contribution in [2.45, 2.75) is 0 Å². The zero-order valence-corrected chi connectivity index (χ0v) is 14.3. The Morgan fingerprint density at radius 1 is 0.750 bits per heavy atom. The van der Waals surface area contributed by atoms with Crippen molar-refractivity contribution in [2.75, 3.05) is 0 Å². The summed E-state index contributed by atoms with van der Waals surface area (Å²) >= 11 is 0. The summed E-state index contributed by atoms with van der Waals surface area (Å²) in [6, 6.07) is 13.3. The van der Waals surface area contributed by atoms with Crippen molar-refractivity contribution in [3.63, 3.8) is 0 Å². The minimum atomic E-state index is -0.509. The van der Waals surface area contributed by atoms with Crippen LogP contribution in [0.2, 0.25) is 0 Å². The molecule has 2 aromatic heterocycles. The van der Waals surface area contributed by atoms with Crippen molar-refractivity contribution in [1.82, 2.24) is 19.9 Å². The zero-order valence-electron chi connectivity index (χ0n) is 14.3. The summed E-state index contributed by atoms with van der Waals surface area (Å²) < 4.78 is 37.7. The fraction of sp³-hybridized carbons (Fsp3) is 0. The molecule has 0 saturated carbocycles. The molecule has 0 atom stereocenters. The number of ether oxygens (including phenoxy) is 2. The van der Waals surface area contributed by atoms with Crippen LogP contribution in [0.5, 0.6) is 23.5 Å². The molecule has 2 heterocycles. The number of rotatable bonds is 5. The fourth-order valence-electron chi connectivity index (χ4n) is 2.31. The van der Waals surface area contributed by atoms with Gasteiger partial charge in [0.2, 0.25) is 0 Å². The summed E-state index contributed by atoms with van der Waals surface area (Å²) in [5.41, 5.74) is 1.08. The molecule has 0 fully saturated rings. The van der Waals surface area contributed by atoms with Gasteiger partial charge in [0.15, 0.2) is 11.6 Å². The smallest absolute Gasteiger partial charge is 0.322 e. The van der Waals surface area contributed by atoms with Gasteiger partial charge in [-0.2, -0.15) is 4.98 Å². The van der Waals surface area contributed by atoms with Crippen LogP contribution in [-0.4, -0.2) is 19.9 Å². The SMILES string of the molecule is Fc1cccc(Oc2nccc(-c3cnc(Oc4ccccc4F)nc3)n2)c1. The number of nitrogens with zero attached hydrogens (tertiary/aromatic N) is 4. The summed E-state index contributed by atoms with van der Waals surface area (Å²) in [6.07, 6.45) is 4.47. The summed E-state index contributed by atoms with van der Waals surface area (Å²) in [4.78, 5) is 16.4. The Balaban J connectivity index is 1.52. The van der Waals surface area contributed by atoms with E-state index < -0.39 is 11.6 Å². The van der Waals surface area contributed by atoms with Gasteiger partial charge in [-0.25, -0.2) is 23.7 Å². The van der Waals surface area contributed by atoms with Gasteiger partial charge in [0.1, 0.15) is 11.6 Å². The summed E-state index contributed by atoms with van der Waals surface area (Å²) in [5.74, 6) is -0.622. The van der Waals surface area contributed by atoms with Gasteiger partial charge in [0, 0.05) is 30.2 Å². The van der Waals surface area contributed by atoms with E-state index in [-0.39, 0.29) is 23.5 Å². The molecule has 4 rings (SSSR count). The maximum atomic E-state index is 13.6. The van der Waals surface area contributed by atoms with Crippen LogP contribution in [0.4, 0.5) is 8.78 Å². The standard InChI is InChI=1S/C20H12F2N4O2/c21-14-4-3-5-15(10-14)27-20-23-9-8-17(26-20)13-11-24-19(25-12-13)28-18-7-2-1-6-16(18)22/h1-12H. The van der Waals surface area contributed by atoms with E-state index in [1.54, 1.807) is 24.3 Å². The Labute approximate surface area is 158 Å². The van der Waals surface area contributed by atoms with Gasteiger partial charge in [-0.1, -0.05) is 18.2 Å². The predicted molar refractivity (Wildman–Crippen MR) is 96.0 cm³/mol. The van der Waals surface area contributed by atoms with Crippen LogP contribution in [0.15, 0.2) is 73.2 Å². The number of hydrogen-bond donors (Lipinski definition) is 0. The first-order chi connectivity index (χ1) is 13.7. The highest BCUT2D eigenvalue weighted by Crippen LogP contribution is 2.24. The largest absolute Gasteiger partial charge is 0.424 e. The third-order valence-electron chi connectivity index (χ3n) is 3.60. The fourth-order valence-corrected chi connectivity index (χ4v) is 2.31. The molecule has 0 radical (unpaired) electrons. The highest BCUT2D eigenvalue weighted by molar-refractivity contribution is 5.56. The molecule has 0 aliphatic rings. The Kier molecular flexibility index (Phi) is 4.83. The lowest BCUT2D eigenvalue weighted by molar-refractivity contribution is 0.411. The molecule has 4 aromatic rings. The molecule has 0 amide bonds. The highest BCUT2D eigenvalue weighted by atomic mass is 19.1. The topological polar surface area (TPSA) is 70.0 Å². The molecule has 0 N–H and O–H groups in total. The normalized spacial score (nSPS) is 10.5. The molecule has 138 valence electrons. The monoisotopic (exact) mass is 378 g/mol. The average molecular weight is 378 g/mol. The van der Waals surface area contributed by atoms with Crippen molar-refractivity contribution in [1.29, 1.82) is 0 Å². The second-order valence-corrected chi connectivity index (χ2v) is 5.57. The molecular weight excluding hydrogens is 366 g/mol. The zero-order chi connectivity index (χ0) is 19.3. The third-order valence-corrected chi connectivity index (χ3v) is 3.60. The first kappa shape index (κ1) is 17.5. The van der Waals surface area contributed by atoms with E-state index in [9.17, 15) is 8.78 Å². The predicted octanol–water partition coefficient (Wildman–Crippen LogP) is 4.80. The highest BCUT2D eigenvalue weighted by Gasteiger charge is 2.09. The van der Waals surface area contributed by atoms with Crippen molar-refractivity contribution in [3.8, 4) is 34.8 Å². The van der Waals surface area contributed by atoms with Crippen molar-refractivity contribution in [2.24, 2.45) is 0 Å². The van der Waals surface area contributed by atoms with Crippen LogP contribution in [0.25, 0.3) is 11.3 Å². The Hall–Kier alpha value is -3.94. The first-order valence-corrected chi connectivity index (χ1v) is 8.19. The third kappa shape index (κ3) is 4.07. The number of hydrogen-bond acceptors (Lipinski definition) is 6. The van der Waals surface area contributed by atoms with Crippen LogP contribution in [0.3, 0.4) is 0 Å². The lowest BCUT2D eigenvalue weighted by Crippen LogP contribution is -1.96. The molecule has 6 nitrogen and oxygen atoms in total. The second kappa shape index (κ2) is 7.75. The van der Waals surface area contributed by atoms with Crippen LogP contribution in [0, 0.1) is 11.6 Å². The van der Waals surface area contributed by atoms with Crippen molar-refractivity contribution < 1.29 is 18.3 Å². The maximum Gasteiger partial charge on any atom is 0.322 e. The summed E-state index contributed by atoms with van der Waals surface area (Å²) in [6.45, 7) is 0. The van der Waals surface area contributed by atoms with Crippen molar-refractivity contribution in [3.05, 3.63) is 84.8 Å². The molecule has 0 bridgehead atoms. The van der Waals surface area contributed by atoms with Gasteiger partial charge >= 0.3 is 12.0 Å². The number of para-hydroxylation sites is 1. The van der Waals surface area contributed by atoms with Gasteiger partial charge in [0.25, 0.3) is 0 Å². The number of halogens is 2. The van der Waals surface area contributed by atoms with E-state index >= 15 is 0 Å². The van der Waals surface area contributed by atoms with Gasteiger partial charge in [0.05, 0.1) is 5.69 Å². The molecule has 2 aromatic carbocycles. The van der Waals surface area contributed by atoms with Crippen LogP contribution in [0.1, 0.15) is 0 Å². The lowest BCUT2D eigenvalue weighted by Gasteiger charge is -2.07. The van der Waals surface area contributed by atoms with E-state index in [1.165, 1.54) is 48.9 Å². The van der Waals surface area contributed by atoms with Gasteiger partial charge in [-0.15, -0.1) is 0 Å². The molecule has 8 heteroatoms. The molecule has 28 heavy (non-hydrogen) atoms. The van der Waals surface area contributed by atoms with Crippen LogP contribution in [-0.2, 0) is 0 Å². The number of aromatic nitrogens is 4. The van der Waals surface area contributed by atoms with E-state index in [2.05, 4.69) is 19.9 Å². The first-order valence-electron chi connectivity index (χ1n) is 8.19. The molecular formula is C20H12F2N4O2. The summed E-state index contributed by atoms with van der Waals surface area (Å²) in [7, 11) is 0. The van der Waals surface area contributed by atoms with Crippen LogP contribution >= 0.6 is 0 Å². The molecule has 0 unspecified atom stereocenters. The molecule has 0 aliphatic carbocycles. The lowest BCUT2D eigenvalue weighted by atomic mass is 10.2. The average Bonchev–Trinajstić information content (AvgIpc) is 2.71. The number of benzene rings is 2. The Morgan fingerprint density at radius 2 is 1.57 bits per heavy atom. The van der Waals surface area contributed by atoms with Gasteiger partial charge in [-0.3, -0.25) is 0 Å². The van der Waals surface area contributed by atoms with Gasteiger partial charge in [-0.05, 0) is 30.3 Å². The van der Waals surface area contributed by atoms with Gasteiger partial charge < -0.3 is 9.47 Å². The Bertz CT molecular complexity index is 1110. The second-order valence-electron chi connectivity index (χ2n) is 5.57. The molecule has 0 aliphatic heterocycles.